The van der Waals surface area contributed by atoms with Gasteiger partial charge in [-0.05, 0) is 31.7 Å². The lowest BCUT2D eigenvalue weighted by molar-refractivity contribution is 0.235. The number of hydrogen-bond acceptors (Lipinski definition) is 5. The standard InChI is InChI=1S/C22H25Cl2FN8/c23-16-3-1-2-15(18(16)24)19-20-21(31-30-19)29-17(12-27-20)32-8-10-33(11-9-32)22(26)28-14-6-4-13(25)5-7-14/h1-3,12-14H,4-11H2,(H2,26,28)(H,29,30,31). The Kier molecular flexibility index (Phi) is 6.25. The molecule has 2 fully saturated rings. The molecular formula is C22H25Cl2FN8. The maximum absolute atomic E-state index is 13.3. The molecule has 8 nitrogen and oxygen atoms in total. The highest BCUT2D eigenvalue weighted by Gasteiger charge is 2.24. The van der Waals surface area contributed by atoms with Crippen LogP contribution in [0.1, 0.15) is 25.7 Å². The van der Waals surface area contributed by atoms with E-state index in [1.54, 1.807) is 12.3 Å². The molecule has 11 heteroatoms. The molecule has 0 atom stereocenters. The second kappa shape index (κ2) is 9.30. The second-order valence-electron chi connectivity index (χ2n) is 8.47. The topological polar surface area (TPSA) is 99.3 Å². The van der Waals surface area contributed by atoms with E-state index in [0.29, 0.717) is 45.7 Å². The molecule has 33 heavy (non-hydrogen) atoms. The van der Waals surface area contributed by atoms with E-state index < -0.39 is 6.17 Å². The minimum atomic E-state index is -0.687. The minimum absolute atomic E-state index is 0.130. The van der Waals surface area contributed by atoms with Crippen LogP contribution in [0.4, 0.5) is 10.2 Å². The van der Waals surface area contributed by atoms with Crippen molar-refractivity contribution in [2.24, 2.45) is 10.7 Å². The molecule has 1 aromatic carbocycles. The molecule has 3 aromatic rings. The van der Waals surface area contributed by atoms with Crippen molar-refractivity contribution >= 4 is 46.1 Å². The van der Waals surface area contributed by atoms with E-state index in [4.69, 9.17) is 33.9 Å². The number of halogens is 3. The second-order valence-corrected chi connectivity index (χ2v) is 9.25. The van der Waals surface area contributed by atoms with Gasteiger partial charge in [0.25, 0.3) is 0 Å². The molecule has 1 saturated carbocycles. The summed E-state index contributed by atoms with van der Waals surface area (Å²) in [4.78, 5) is 18.2. The van der Waals surface area contributed by atoms with Crippen LogP contribution in [0.15, 0.2) is 29.4 Å². The molecule has 5 rings (SSSR count). The van der Waals surface area contributed by atoms with Gasteiger partial charge in [-0.3, -0.25) is 5.10 Å². The van der Waals surface area contributed by atoms with E-state index >= 15 is 0 Å². The zero-order valence-electron chi connectivity index (χ0n) is 18.0. The zero-order chi connectivity index (χ0) is 22.9. The van der Waals surface area contributed by atoms with Gasteiger partial charge in [-0.15, -0.1) is 0 Å². The molecule has 3 heterocycles. The van der Waals surface area contributed by atoms with E-state index in [0.717, 1.165) is 50.4 Å². The molecule has 3 N–H and O–H groups in total. The Morgan fingerprint density at radius 2 is 1.88 bits per heavy atom. The highest BCUT2D eigenvalue weighted by atomic mass is 35.5. The number of hydrogen-bond donors (Lipinski definition) is 2. The lowest BCUT2D eigenvalue weighted by atomic mass is 9.94. The lowest BCUT2D eigenvalue weighted by Gasteiger charge is -2.36. The molecule has 0 spiro atoms. The van der Waals surface area contributed by atoms with Crippen LogP contribution in [0.3, 0.4) is 0 Å². The predicted molar refractivity (Wildman–Crippen MR) is 130 cm³/mol. The number of anilines is 1. The number of nitrogens with zero attached hydrogens (tertiary/aromatic N) is 6. The Labute approximate surface area is 201 Å². The van der Waals surface area contributed by atoms with Gasteiger partial charge in [0, 0.05) is 31.7 Å². The summed E-state index contributed by atoms with van der Waals surface area (Å²) in [6.45, 7) is 2.95. The molecule has 0 unspecified atom stereocenters. The number of piperazine rings is 1. The normalized spacial score (nSPS) is 22.2. The van der Waals surface area contributed by atoms with Crippen molar-refractivity contribution < 1.29 is 4.39 Å². The van der Waals surface area contributed by atoms with Crippen LogP contribution >= 0.6 is 23.2 Å². The number of aromatic amines is 1. The molecule has 174 valence electrons. The van der Waals surface area contributed by atoms with Crippen molar-refractivity contribution in [1.82, 2.24) is 25.1 Å². The third kappa shape index (κ3) is 4.56. The number of guanidine groups is 1. The van der Waals surface area contributed by atoms with E-state index in [2.05, 4.69) is 30.0 Å². The highest BCUT2D eigenvalue weighted by Crippen LogP contribution is 2.35. The number of benzene rings is 1. The summed E-state index contributed by atoms with van der Waals surface area (Å²) in [5, 5.41) is 8.24. The summed E-state index contributed by atoms with van der Waals surface area (Å²) < 4.78 is 13.3. The number of nitrogens with two attached hydrogens (primary N) is 1. The first-order chi connectivity index (χ1) is 16.0. The molecule has 0 bridgehead atoms. The van der Waals surface area contributed by atoms with Crippen LogP contribution in [-0.2, 0) is 0 Å². The molecule has 0 radical (unpaired) electrons. The van der Waals surface area contributed by atoms with Gasteiger partial charge in [-0.2, -0.15) is 5.10 Å². The predicted octanol–water partition coefficient (Wildman–Crippen LogP) is 4.04. The number of nitrogens with one attached hydrogen (secondary N) is 1. The molecule has 0 amide bonds. The summed E-state index contributed by atoms with van der Waals surface area (Å²) in [6, 6.07) is 5.57. The number of rotatable bonds is 3. The van der Waals surface area contributed by atoms with Crippen LogP contribution in [0.5, 0.6) is 0 Å². The van der Waals surface area contributed by atoms with Crippen LogP contribution in [0.25, 0.3) is 22.4 Å². The summed E-state index contributed by atoms with van der Waals surface area (Å²) >= 11 is 12.5. The summed E-state index contributed by atoms with van der Waals surface area (Å²) in [5.41, 5.74) is 8.83. The molecule has 1 aliphatic carbocycles. The van der Waals surface area contributed by atoms with Gasteiger partial charge in [0.15, 0.2) is 5.96 Å². The number of H-pyrrole nitrogens is 1. The fourth-order valence-corrected chi connectivity index (χ4v) is 4.82. The van der Waals surface area contributed by atoms with E-state index in [1.807, 2.05) is 12.1 Å². The van der Waals surface area contributed by atoms with E-state index in [1.165, 1.54) is 0 Å². The first kappa shape index (κ1) is 22.2. The summed E-state index contributed by atoms with van der Waals surface area (Å²) in [6.07, 6.45) is 3.76. The quantitative estimate of drug-likeness (QED) is 0.424. The van der Waals surface area contributed by atoms with Crippen molar-refractivity contribution in [2.75, 3.05) is 31.1 Å². The third-order valence-electron chi connectivity index (χ3n) is 6.34. The fraction of sp³-hybridized carbons (Fsp3) is 0.455. The average molecular weight is 491 g/mol. The zero-order valence-corrected chi connectivity index (χ0v) is 19.5. The SMILES string of the molecule is NC(=NC1CCC(F)CC1)N1CCN(c2cnc3c(-c4cccc(Cl)c4Cl)[nH]nc3n2)CC1. The Morgan fingerprint density at radius 3 is 2.64 bits per heavy atom. The first-order valence-corrected chi connectivity index (χ1v) is 11.9. The van der Waals surface area contributed by atoms with Gasteiger partial charge < -0.3 is 15.5 Å². The molecule has 2 aliphatic rings. The van der Waals surface area contributed by atoms with E-state index in [-0.39, 0.29) is 6.04 Å². The van der Waals surface area contributed by atoms with Gasteiger partial charge in [0.1, 0.15) is 17.5 Å². The molecule has 2 aromatic heterocycles. The van der Waals surface area contributed by atoms with Gasteiger partial charge in [0.05, 0.1) is 28.0 Å². The monoisotopic (exact) mass is 490 g/mol. The van der Waals surface area contributed by atoms with Crippen molar-refractivity contribution in [3.8, 4) is 11.3 Å². The van der Waals surface area contributed by atoms with Crippen molar-refractivity contribution in [3.63, 3.8) is 0 Å². The number of alkyl halides is 1. The van der Waals surface area contributed by atoms with Crippen LogP contribution < -0.4 is 10.6 Å². The summed E-state index contributed by atoms with van der Waals surface area (Å²) in [7, 11) is 0. The first-order valence-electron chi connectivity index (χ1n) is 11.1. The molecule has 1 saturated heterocycles. The third-order valence-corrected chi connectivity index (χ3v) is 7.16. The highest BCUT2D eigenvalue weighted by molar-refractivity contribution is 6.43. The molecule has 1 aliphatic heterocycles. The van der Waals surface area contributed by atoms with Crippen LogP contribution in [-0.4, -0.2) is 69.4 Å². The smallest absolute Gasteiger partial charge is 0.202 e. The lowest BCUT2D eigenvalue weighted by Crippen LogP contribution is -2.51. The van der Waals surface area contributed by atoms with Crippen LogP contribution in [0, 0.1) is 0 Å². The Hall–Kier alpha value is -2.65. The van der Waals surface area contributed by atoms with Crippen LogP contribution in [0.2, 0.25) is 10.0 Å². The number of aromatic nitrogens is 4. The van der Waals surface area contributed by atoms with Gasteiger partial charge in [-0.1, -0.05) is 35.3 Å². The van der Waals surface area contributed by atoms with Gasteiger partial charge >= 0.3 is 0 Å². The maximum atomic E-state index is 13.3. The van der Waals surface area contributed by atoms with Gasteiger partial charge in [-0.25, -0.2) is 19.4 Å². The largest absolute Gasteiger partial charge is 0.370 e. The van der Waals surface area contributed by atoms with Crippen molar-refractivity contribution in [2.45, 2.75) is 37.9 Å². The minimum Gasteiger partial charge on any atom is -0.370 e. The number of fused-ring (bicyclic) bond motifs is 1. The fourth-order valence-electron chi connectivity index (χ4n) is 4.42. The maximum Gasteiger partial charge on any atom is 0.202 e. The Morgan fingerprint density at radius 1 is 1.12 bits per heavy atom. The van der Waals surface area contributed by atoms with Crippen molar-refractivity contribution in [1.29, 1.82) is 0 Å². The summed E-state index contributed by atoms with van der Waals surface area (Å²) in [5.74, 6) is 1.31. The Balaban J connectivity index is 1.27. The van der Waals surface area contributed by atoms with Gasteiger partial charge in [0.2, 0.25) is 5.65 Å². The van der Waals surface area contributed by atoms with E-state index in [9.17, 15) is 4.39 Å². The number of aliphatic imine (C=N–C) groups is 1. The molecular weight excluding hydrogens is 466 g/mol. The van der Waals surface area contributed by atoms with Crippen molar-refractivity contribution in [3.05, 3.63) is 34.4 Å². The average Bonchev–Trinajstić information content (AvgIpc) is 3.25. The Bertz CT molecular complexity index is 1170.